The third kappa shape index (κ3) is 3.37. The van der Waals surface area contributed by atoms with E-state index < -0.39 is 10.0 Å². The van der Waals surface area contributed by atoms with E-state index in [4.69, 9.17) is 11.6 Å². The van der Waals surface area contributed by atoms with Crippen LogP contribution < -0.4 is 4.90 Å². The third-order valence-corrected chi connectivity index (χ3v) is 6.41. The summed E-state index contributed by atoms with van der Waals surface area (Å²) in [7, 11) is -3.47. The van der Waals surface area contributed by atoms with E-state index in [-0.39, 0.29) is 0 Å². The molecule has 1 saturated heterocycles. The second-order valence-corrected chi connectivity index (χ2v) is 7.98. The number of sulfonamides is 1. The van der Waals surface area contributed by atoms with Crippen LogP contribution in [0.4, 0.5) is 5.69 Å². The number of anilines is 1. The van der Waals surface area contributed by atoms with Crippen molar-refractivity contribution in [3.05, 3.63) is 59.1 Å². The van der Waals surface area contributed by atoms with Crippen LogP contribution in [0.3, 0.4) is 0 Å². The quantitative estimate of drug-likeness (QED) is 0.853. The van der Waals surface area contributed by atoms with Crippen LogP contribution in [0.1, 0.15) is 5.56 Å². The minimum Gasteiger partial charge on any atom is -0.369 e. The monoisotopic (exact) mass is 350 g/mol. The van der Waals surface area contributed by atoms with Gasteiger partial charge in [-0.1, -0.05) is 29.8 Å². The van der Waals surface area contributed by atoms with Gasteiger partial charge < -0.3 is 4.90 Å². The molecule has 4 nitrogen and oxygen atoms in total. The van der Waals surface area contributed by atoms with Crippen molar-refractivity contribution >= 4 is 27.3 Å². The Morgan fingerprint density at radius 1 is 0.957 bits per heavy atom. The molecule has 2 aromatic carbocycles. The van der Waals surface area contributed by atoms with Gasteiger partial charge in [0.1, 0.15) is 0 Å². The van der Waals surface area contributed by atoms with Crippen molar-refractivity contribution in [2.75, 3.05) is 31.1 Å². The zero-order chi connectivity index (χ0) is 16.4. The zero-order valence-corrected chi connectivity index (χ0v) is 14.5. The molecule has 1 aliphatic heterocycles. The summed E-state index contributed by atoms with van der Waals surface area (Å²) >= 11 is 5.92. The number of aryl methyl sites for hydroxylation is 1. The first-order chi connectivity index (χ1) is 11.0. The molecule has 0 aliphatic carbocycles. The molecule has 0 bridgehead atoms. The van der Waals surface area contributed by atoms with E-state index in [0.29, 0.717) is 41.7 Å². The van der Waals surface area contributed by atoms with Crippen LogP contribution in [0.15, 0.2) is 53.4 Å². The van der Waals surface area contributed by atoms with Gasteiger partial charge in [0.2, 0.25) is 10.0 Å². The number of nitrogens with zero attached hydrogens (tertiary/aromatic N) is 2. The lowest BCUT2D eigenvalue weighted by Gasteiger charge is -2.35. The van der Waals surface area contributed by atoms with Crippen molar-refractivity contribution < 1.29 is 8.42 Å². The number of halogens is 1. The first-order valence-corrected chi connectivity index (χ1v) is 9.36. The lowest BCUT2D eigenvalue weighted by atomic mass is 10.2. The fraction of sp³-hybridized carbons (Fsp3) is 0.294. The molecule has 2 aromatic rings. The molecule has 0 N–H and O–H groups in total. The first kappa shape index (κ1) is 16.3. The van der Waals surface area contributed by atoms with Crippen molar-refractivity contribution in [1.82, 2.24) is 4.31 Å². The maximum atomic E-state index is 12.8. The van der Waals surface area contributed by atoms with Gasteiger partial charge in [0.25, 0.3) is 0 Å². The fourth-order valence-electron chi connectivity index (χ4n) is 2.87. The van der Waals surface area contributed by atoms with Crippen molar-refractivity contribution in [3.8, 4) is 0 Å². The van der Waals surface area contributed by atoms with Crippen molar-refractivity contribution in [3.63, 3.8) is 0 Å². The molecule has 0 atom stereocenters. The maximum absolute atomic E-state index is 12.8. The molecule has 1 fully saturated rings. The van der Waals surface area contributed by atoms with Crippen LogP contribution >= 0.6 is 11.6 Å². The van der Waals surface area contributed by atoms with E-state index in [0.717, 1.165) is 5.69 Å². The lowest BCUT2D eigenvalue weighted by Crippen LogP contribution is -2.48. The molecule has 0 unspecified atom stereocenters. The van der Waals surface area contributed by atoms with Crippen LogP contribution in [0.2, 0.25) is 5.02 Å². The average Bonchev–Trinajstić information content (AvgIpc) is 2.55. The number of piperazine rings is 1. The van der Waals surface area contributed by atoms with Crippen LogP contribution in [-0.4, -0.2) is 38.9 Å². The summed E-state index contributed by atoms with van der Waals surface area (Å²) in [4.78, 5) is 2.55. The fourth-order valence-corrected chi connectivity index (χ4v) is 4.72. The van der Waals surface area contributed by atoms with E-state index in [9.17, 15) is 8.42 Å². The number of hydrogen-bond acceptors (Lipinski definition) is 3. The molecule has 0 aromatic heterocycles. The molecular weight excluding hydrogens is 332 g/mol. The third-order valence-electron chi connectivity index (χ3n) is 4.11. The molecule has 0 amide bonds. The minimum absolute atomic E-state index is 0.343. The highest BCUT2D eigenvalue weighted by Gasteiger charge is 2.29. The molecule has 0 saturated carbocycles. The summed E-state index contributed by atoms with van der Waals surface area (Å²) < 4.78 is 27.2. The SMILES string of the molecule is Cc1cc(Cl)ccc1S(=O)(=O)N1CCN(c2ccccc2)CC1. The second-order valence-electron chi connectivity index (χ2n) is 5.64. The highest BCUT2D eigenvalue weighted by molar-refractivity contribution is 7.89. The van der Waals surface area contributed by atoms with Crippen LogP contribution in [-0.2, 0) is 10.0 Å². The lowest BCUT2D eigenvalue weighted by molar-refractivity contribution is 0.384. The summed E-state index contributed by atoms with van der Waals surface area (Å²) in [6, 6.07) is 15.0. The van der Waals surface area contributed by atoms with Crippen LogP contribution in [0, 0.1) is 6.92 Å². The summed E-state index contributed by atoms with van der Waals surface area (Å²) in [6.07, 6.45) is 0. The van der Waals surface area contributed by atoms with Crippen LogP contribution in [0.25, 0.3) is 0 Å². The van der Waals surface area contributed by atoms with E-state index in [2.05, 4.69) is 4.90 Å². The molecule has 23 heavy (non-hydrogen) atoms. The molecule has 0 radical (unpaired) electrons. The Labute approximate surface area is 142 Å². The summed E-state index contributed by atoms with van der Waals surface area (Å²) in [5.41, 5.74) is 1.82. The van der Waals surface area contributed by atoms with Gasteiger partial charge in [0.05, 0.1) is 4.90 Å². The largest absolute Gasteiger partial charge is 0.369 e. The van der Waals surface area contributed by atoms with E-state index in [1.165, 1.54) is 0 Å². The maximum Gasteiger partial charge on any atom is 0.243 e. The van der Waals surface area contributed by atoms with Crippen molar-refractivity contribution in [1.29, 1.82) is 0 Å². The molecule has 6 heteroatoms. The Hall–Kier alpha value is -1.56. The molecule has 122 valence electrons. The van der Waals surface area contributed by atoms with Gasteiger partial charge in [-0.05, 0) is 42.8 Å². The van der Waals surface area contributed by atoms with E-state index >= 15 is 0 Å². The number of para-hydroxylation sites is 1. The van der Waals surface area contributed by atoms with Gasteiger partial charge in [0.15, 0.2) is 0 Å². The van der Waals surface area contributed by atoms with Gasteiger partial charge in [-0.3, -0.25) is 0 Å². The Balaban J connectivity index is 1.76. The molecule has 1 aliphatic rings. The summed E-state index contributed by atoms with van der Waals surface area (Å²) in [6.45, 7) is 4.13. The minimum atomic E-state index is -3.47. The second kappa shape index (κ2) is 6.51. The van der Waals surface area contributed by atoms with Gasteiger partial charge in [-0.2, -0.15) is 4.31 Å². The van der Waals surface area contributed by atoms with Gasteiger partial charge in [-0.15, -0.1) is 0 Å². The van der Waals surface area contributed by atoms with Gasteiger partial charge >= 0.3 is 0 Å². The van der Waals surface area contributed by atoms with E-state index in [1.807, 2.05) is 30.3 Å². The van der Waals surface area contributed by atoms with Crippen LogP contribution in [0.5, 0.6) is 0 Å². The Morgan fingerprint density at radius 2 is 1.61 bits per heavy atom. The first-order valence-electron chi connectivity index (χ1n) is 7.55. The van der Waals surface area contributed by atoms with Gasteiger partial charge in [-0.25, -0.2) is 8.42 Å². The highest BCUT2D eigenvalue weighted by Crippen LogP contribution is 2.25. The molecule has 0 spiro atoms. The summed E-state index contributed by atoms with van der Waals surface area (Å²) in [5.74, 6) is 0. The normalized spacial score (nSPS) is 16.5. The molecule has 1 heterocycles. The summed E-state index contributed by atoms with van der Waals surface area (Å²) in [5, 5.41) is 0.551. The number of hydrogen-bond donors (Lipinski definition) is 0. The highest BCUT2D eigenvalue weighted by atomic mass is 35.5. The Morgan fingerprint density at radius 3 is 2.22 bits per heavy atom. The number of benzene rings is 2. The Bertz CT molecular complexity index is 785. The standard InChI is InChI=1S/C17H19ClN2O2S/c1-14-13-15(18)7-8-17(14)23(21,22)20-11-9-19(10-12-20)16-5-3-2-4-6-16/h2-8,13H,9-12H2,1H3. The van der Waals surface area contributed by atoms with Gasteiger partial charge in [0, 0.05) is 36.9 Å². The molecular formula is C17H19ClN2O2S. The average molecular weight is 351 g/mol. The predicted molar refractivity (Wildman–Crippen MR) is 93.6 cm³/mol. The topological polar surface area (TPSA) is 40.6 Å². The smallest absolute Gasteiger partial charge is 0.243 e. The predicted octanol–water partition coefficient (Wildman–Crippen LogP) is 3.16. The Kier molecular flexibility index (Phi) is 4.62. The van der Waals surface area contributed by atoms with Crippen molar-refractivity contribution in [2.24, 2.45) is 0 Å². The van der Waals surface area contributed by atoms with Crippen molar-refractivity contribution in [2.45, 2.75) is 11.8 Å². The zero-order valence-electron chi connectivity index (χ0n) is 12.9. The number of rotatable bonds is 3. The molecule has 3 rings (SSSR count). The van der Waals surface area contributed by atoms with E-state index in [1.54, 1.807) is 29.4 Å².